The van der Waals surface area contributed by atoms with Crippen LogP contribution in [0.3, 0.4) is 0 Å². The molecular formula is C24H26F2N6S. The Hall–Kier alpha value is -3.17. The number of aryl methyl sites for hydroxylation is 2. The number of rotatable bonds is 7. The van der Waals surface area contributed by atoms with Gasteiger partial charge in [0, 0.05) is 35.9 Å². The Morgan fingerprint density at radius 1 is 1.12 bits per heavy atom. The van der Waals surface area contributed by atoms with Crippen LogP contribution in [-0.4, -0.2) is 28.1 Å². The molecule has 0 saturated heterocycles. The number of nitrogens with zero attached hydrogens (tertiary/aromatic N) is 3. The lowest BCUT2D eigenvalue weighted by Gasteiger charge is -2.21. The maximum atomic E-state index is 13.8. The van der Waals surface area contributed by atoms with Crippen molar-refractivity contribution in [3.63, 3.8) is 0 Å². The van der Waals surface area contributed by atoms with Gasteiger partial charge in [0.25, 0.3) is 0 Å². The van der Waals surface area contributed by atoms with Gasteiger partial charge in [-0.05, 0) is 50.2 Å². The molecule has 0 aliphatic rings. The fourth-order valence-corrected chi connectivity index (χ4v) is 4.49. The lowest BCUT2D eigenvalue weighted by Crippen LogP contribution is -2.22. The molecule has 0 aliphatic heterocycles. The number of benzene rings is 2. The SMILES string of the molecule is CNC(Cc1cc(F)cc(F)c1)c1nc(C)c(N)cc1-c1cccc2c(NSC)nn(C)c12. The molecule has 1 unspecified atom stereocenters. The number of aromatic nitrogens is 3. The molecule has 0 saturated carbocycles. The number of fused-ring (bicyclic) bond motifs is 1. The zero-order valence-corrected chi connectivity index (χ0v) is 19.7. The average Bonchev–Trinajstić information content (AvgIpc) is 3.09. The van der Waals surface area contributed by atoms with Crippen LogP contribution >= 0.6 is 11.9 Å². The van der Waals surface area contributed by atoms with Crippen LogP contribution in [0.4, 0.5) is 20.3 Å². The normalized spacial score (nSPS) is 12.3. The second-order valence-electron chi connectivity index (χ2n) is 7.90. The number of hydrogen-bond donors (Lipinski definition) is 3. The molecule has 0 fully saturated rings. The summed E-state index contributed by atoms with van der Waals surface area (Å²) in [6.07, 6.45) is 2.30. The van der Waals surface area contributed by atoms with Crippen molar-refractivity contribution in [2.24, 2.45) is 7.05 Å². The van der Waals surface area contributed by atoms with E-state index in [1.807, 2.05) is 56.2 Å². The fourth-order valence-electron chi connectivity index (χ4n) is 4.15. The average molecular weight is 469 g/mol. The van der Waals surface area contributed by atoms with E-state index in [0.717, 1.165) is 39.6 Å². The summed E-state index contributed by atoms with van der Waals surface area (Å²) in [7, 11) is 3.70. The minimum Gasteiger partial charge on any atom is -0.397 e. The first-order valence-corrected chi connectivity index (χ1v) is 11.7. The number of halogens is 2. The molecule has 0 aliphatic carbocycles. The Morgan fingerprint density at radius 2 is 1.85 bits per heavy atom. The summed E-state index contributed by atoms with van der Waals surface area (Å²) >= 11 is 1.47. The third-order valence-corrected chi connectivity index (χ3v) is 6.07. The predicted molar refractivity (Wildman–Crippen MR) is 132 cm³/mol. The van der Waals surface area contributed by atoms with Crippen molar-refractivity contribution in [3.05, 3.63) is 71.1 Å². The summed E-state index contributed by atoms with van der Waals surface area (Å²) in [4.78, 5) is 4.82. The van der Waals surface area contributed by atoms with Crippen LogP contribution in [-0.2, 0) is 13.5 Å². The van der Waals surface area contributed by atoms with E-state index in [2.05, 4.69) is 15.1 Å². The Morgan fingerprint density at radius 3 is 2.52 bits per heavy atom. The van der Waals surface area contributed by atoms with Crippen molar-refractivity contribution < 1.29 is 8.78 Å². The van der Waals surface area contributed by atoms with Gasteiger partial charge in [0.15, 0.2) is 5.82 Å². The quantitative estimate of drug-likeness (QED) is 0.331. The number of anilines is 2. The summed E-state index contributed by atoms with van der Waals surface area (Å²) in [5.41, 5.74) is 11.5. The Bertz CT molecular complexity index is 1300. The number of nitrogen functional groups attached to an aromatic ring is 1. The topological polar surface area (TPSA) is 80.8 Å². The van der Waals surface area contributed by atoms with E-state index in [0.29, 0.717) is 23.4 Å². The number of likely N-dealkylation sites (N-methyl/N-ethyl adjacent to an activating group) is 1. The van der Waals surface area contributed by atoms with Crippen LogP contribution in [0, 0.1) is 18.6 Å². The second-order valence-corrected chi connectivity index (χ2v) is 8.51. The first-order chi connectivity index (χ1) is 15.8. The molecule has 0 amide bonds. The van der Waals surface area contributed by atoms with Gasteiger partial charge in [-0.2, -0.15) is 5.10 Å². The van der Waals surface area contributed by atoms with Gasteiger partial charge < -0.3 is 15.8 Å². The molecule has 172 valence electrons. The second kappa shape index (κ2) is 9.36. The molecule has 33 heavy (non-hydrogen) atoms. The van der Waals surface area contributed by atoms with E-state index >= 15 is 0 Å². The van der Waals surface area contributed by atoms with Crippen LogP contribution in [0.5, 0.6) is 0 Å². The van der Waals surface area contributed by atoms with Crippen molar-refractivity contribution in [2.75, 3.05) is 23.8 Å². The lowest BCUT2D eigenvalue weighted by atomic mass is 9.93. The maximum Gasteiger partial charge on any atom is 0.165 e. The predicted octanol–water partition coefficient (Wildman–Crippen LogP) is 5.00. The molecule has 2 heterocycles. The first kappa shape index (κ1) is 23.0. The molecule has 4 N–H and O–H groups in total. The lowest BCUT2D eigenvalue weighted by molar-refractivity contribution is 0.555. The van der Waals surface area contributed by atoms with Crippen molar-refractivity contribution >= 4 is 34.4 Å². The molecule has 4 aromatic rings. The highest BCUT2D eigenvalue weighted by Gasteiger charge is 2.22. The van der Waals surface area contributed by atoms with Gasteiger partial charge in [-0.3, -0.25) is 9.67 Å². The summed E-state index contributed by atoms with van der Waals surface area (Å²) in [6.45, 7) is 1.85. The smallest absolute Gasteiger partial charge is 0.165 e. The molecule has 9 heteroatoms. The van der Waals surface area contributed by atoms with Crippen LogP contribution < -0.4 is 15.8 Å². The molecular weight excluding hydrogens is 442 g/mol. The van der Waals surface area contributed by atoms with Crippen LogP contribution in [0.15, 0.2) is 42.5 Å². The van der Waals surface area contributed by atoms with Gasteiger partial charge in [0.1, 0.15) is 11.6 Å². The van der Waals surface area contributed by atoms with Crippen LogP contribution in [0.1, 0.15) is 23.0 Å². The van der Waals surface area contributed by atoms with E-state index in [1.165, 1.54) is 24.1 Å². The number of pyridine rings is 1. The van der Waals surface area contributed by atoms with Gasteiger partial charge in [-0.1, -0.05) is 24.1 Å². The molecule has 0 radical (unpaired) electrons. The minimum absolute atomic E-state index is 0.298. The van der Waals surface area contributed by atoms with Crippen LogP contribution in [0.2, 0.25) is 0 Å². The molecule has 2 aromatic carbocycles. The van der Waals surface area contributed by atoms with Gasteiger partial charge in [0.2, 0.25) is 0 Å². The summed E-state index contributed by atoms with van der Waals surface area (Å²) in [5.74, 6) is -0.429. The van der Waals surface area contributed by atoms with Gasteiger partial charge in [0.05, 0.1) is 28.6 Å². The zero-order valence-electron chi connectivity index (χ0n) is 18.9. The van der Waals surface area contributed by atoms with Gasteiger partial charge in [-0.25, -0.2) is 8.78 Å². The van der Waals surface area contributed by atoms with E-state index in [9.17, 15) is 8.78 Å². The Balaban J connectivity index is 1.89. The summed E-state index contributed by atoms with van der Waals surface area (Å²) in [6, 6.07) is 11.2. The van der Waals surface area contributed by atoms with E-state index in [4.69, 9.17) is 10.7 Å². The monoisotopic (exact) mass is 468 g/mol. The standard InChI is InChI=1S/C24H26F2N6S/c1-13-20(27)12-19(17-6-5-7-18-23(17)32(3)30-24(18)31-33-4)22(29-13)21(28-2)10-14-8-15(25)11-16(26)9-14/h5-9,11-12,21,28H,10,27H2,1-4H3,(H,30,31). The molecule has 0 spiro atoms. The highest BCUT2D eigenvalue weighted by Crippen LogP contribution is 2.37. The van der Waals surface area contributed by atoms with Crippen molar-refractivity contribution in [1.82, 2.24) is 20.1 Å². The van der Waals surface area contributed by atoms with E-state index in [-0.39, 0.29) is 6.04 Å². The Kier molecular flexibility index (Phi) is 6.53. The summed E-state index contributed by atoms with van der Waals surface area (Å²) in [5, 5.41) is 8.86. The fraction of sp³-hybridized carbons (Fsp3) is 0.250. The first-order valence-electron chi connectivity index (χ1n) is 10.5. The molecule has 2 aromatic heterocycles. The molecule has 4 rings (SSSR count). The number of nitrogens with one attached hydrogen (secondary N) is 2. The molecule has 6 nitrogen and oxygen atoms in total. The van der Waals surface area contributed by atoms with E-state index in [1.54, 1.807) is 0 Å². The highest BCUT2D eigenvalue weighted by atomic mass is 32.2. The van der Waals surface area contributed by atoms with E-state index < -0.39 is 11.6 Å². The number of nitrogens with two attached hydrogens (primary N) is 1. The Labute approximate surface area is 195 Å². The number of hydrogen-bond acceptors (Lipinski definition) is 6. The van der Waals surface area contributed by atoms with Crippen LogP contribution in [0.25, 0.3) is 22.0 Å². The third kappa shape index (κ3) is 4.51. The largest absolute Gasteiger partial charge is 0.397 e. The molecule has 0 bridgehead atoms. The molecule has 1 atom stereocenters. The third-order valence-electron chi connectivity index (χ3n) is 5.68. The van der Waals surface area contributed by atoms with Crippen molar-refractivity contribution in [3.8, 4) is 11.1 Å². The maximum absolute atomic E-state index is 13.8. The van der Waals surface area contributed by atoms with Crippen molar-refractivity contribution in [1.29, 1.82) is 0 Å². The van der Waals surface area contributed by atoms with Crippen molar-refractivity contribution in [2.45, 2.75) is 19.4 Å². The van der Waals surface area contributed by atoms with Gasteiger partial charge >= 0.3 is 0 Å². The number of para-hydroxylation sites is 1. The summed E-state index contributed by atoms with van der Waals surface area (Å²) < 4.78 is 32.7. The zero-order chi connectivity index (χ0) is 23.7. The highest BCUT2D eigenvalue weighted by molar-refractivity contribution is 7.99. The van der Waals surface area contributed by atoms with Gasteiger partial charge in [-0.15, -0.1) is 0 Å². The minimum atomic E-state index is -0.602.